The van der Waals surface area contributed by atoms with E-state index in [2.05, 4.69) is 20.1 Å². The van der Waals surface area contributed by atoms with Crippen LogP contribution in [0.15, 0.2) is 59.0 Å². The van der Waals surface area contributed by atoms with Crippen molar-refractivity contribution in [2.45, 2.75) is 6.67 Å². The summed E-state index contributed by atoms with van der Waals surface area (Å²) in [6.45, 7) is 3.45. The molecule has 0 aliphatic carbocycles. The number of hydrogen-bond donors (Lipinski definition) is 1. The van der Waals surface area contributed by atoms with Crippen molar-refractivity contribution >= 4 is 22.5 Å². The topological polar surface area (TPSA) is 92.3 Å². The van der Waals surface area contributed by atoms with Crippen molar-refractivity contribution in [3.8, 4) is 5.88 Å². The Kier molecular flexibility index (Phi) is 4.91. The number of pyridine rings is 1. The van der Waals surface area contributed by atoms with Crippen LogP contribution in [0.5, 0.6) is 5.88 Å². The van der Waals surface area contributed by atoms with Crippen LogP contribution < -0.4 is 0 Å². The minimum atomic E-state index is -0.507. The molecule has 0 saturated carbocycles. The number of hydrogen-bond acceptors (Lipinski definition) is 6. The quantitative estimate of drug-likeness (QED) is 0.718. The Morgan fingerprint density at radius 1 is 1.19 bits per heavy atom. The fraction of sp³-hybridized carbons (Fsp3) is 0.263. The molecule has 0 bridgehead atoms. The Balaban J connectivity index is 1.67. The van der Waals surface area contributed by atoms with Gasteiger partial charge in [0.15, 0.2) is 5.69 Å². The van der Waals surface area contributed by atoms with E-state index in [1.54, 1.807) is 22.9 Å². The normalized spacial score (nSPS) is 15.6. The Labute approximate surface area is 155 Å². The van der Waals surface area contributed by atoms with Crippen molar-refractivity contribution in [3.05, 3.63) is 54.4 Å². The monoisotopic (exact) mass is 365 g/mol. The summed E-state index contributed by atoms with van der Waals surface area (Å²) in [6, 6.07) is 10.8. The van der Waals surface area contributed by atoms with Gasteiger partial charge in [0.1, 0.15) is 0 Å². The number of azo groups is 1. The number of fused-ring (bicyclic) bond motifs is 1. The van der Waals surface area contributed by atoms with E-state index in [0.29, 0.717) is 25.4 Å². The van der Waals surface area contributed by atoms with Crippen molar-refractivity contribution in [1.82, 2.24) is 14.5 Å². The number of morpholine rings is 1. The number of para-hydroxylation sites is 1. The molecule has 138 valence electrons. The molecule has 1 aromatic carbocycles. The van der Waals surface area contributed by atoms with Gasteiger partial charge in [0, 0.05) is 30.9 Å². The van der Waals surface area contributed by atoms with Crippen molar-refractivity contribution in [2.24, 2.45) is 10.2 Å². The van der Waals surface area contributed by atoms with E-state index in [1.165, 1.54) is 6.20 Å². The Morgan fingerprint density at radius 3 is 2.78 bits per heavy atom. The molecule has 1 N–H and O–H groups in total. The highest BCUT2D eigenvalue weighted by Gasteiger charge is 2.20. The van der Waals surface area contributed by atoms with Crippen molar-refractivity contribution in [1.29, 1.82) is 0 Å². The van der Waals surface area contributed by atoms with Gasteiger partial charge in [-0.1, -0.05) is 18.2 Å². The maximum absolute atomic E-state index is 12.2. The summed E-state index contributed by atoms with van der Waals surface area (Å²) in [5.41, 5.74) is 1.47. The van der Waals surface area contributed by atoms with Crippen molar-refractivity contribution in [2.75, 3.05) is 26.3 Å². The number of carbonyl (C=O) groups is 1. The first-order valence-corrected chi connectivity index (χ1v) is 8.70. The summed E-state index contributed by atoms with van der Waals surface area (Å²) >= 11 is 0. The smallest absolute Gasteiger partial charge is 0.296 e. The molecule has 2 aromatic heterocycles. The maximum Gasteiger partial charge on any atom is 0.296 e. The second-order valence-corrected chi connectivity index (χ2v) is 6.24. The molecule has 8 nitrogen and oxygen atoms in total. The molecule has 1 aliphatic rings. The second kappa shape index (κ2) is 7.65. The van der Waals surface area contributed by atoms with E-state index in [-0.39, 0.29) is 11.6 Å². The molecule has 0 atom stereocenters. The highest BCUT2D eigenvalue weighted by atomic mass is 16.5. The van der Waals surface area contributed by atoms with E-state index in [1.807, 2.05) is 24.3 Å². The number of aromatic nitrogens is 2. The molecule has 27 heavy (non-hydrogen) atoms. The molecule has 1 saturated heterocycles. The van der Waals surface area contributed by atoms with Gasteiger partial charge in [-0.15, -0.1) is 10.2 Å². The number of rotatable bonds is 4. The molecular formula is C19H19N5O3. The average molecular weight is 365 g/mol. The van der Waals surface area contributed by atoms with Gasteiger partial charge in [-0.2, -0.15) is 0 Å². The summed E-state index contributed by atoms with van der Waals surface area (Å²) in [5, 5.41) is 19.3. The van der Waals surface area contributed by atoms with Crippen LogP contribution in [0.1, 0.15) is 10.4 Å². The summed E-state index contributed by atoms with van der Waals surface area (Å²) in [7, 11) is 0. The third-order valence-electron chi connectivity index (χ3n) is 4.51. The van der Waals surface area contributed by atoms with Gasteiger partial charge in [0.2, 0.25) is 5.88 Å². The highest BCUT2D eigenvalue weighted by Crippen LogP contribution is 2.39. The number of ether oxygens (including phenoxy) is 1. The molecule has 3 aromatic rings. The van der Waals surface area contributed by atoms with Gasteiger partial charge in [-0.05, 0) is 18.2 Å². The van der Waals surface area contributed by atoms with Gasteiger partial charge in [0.05, 0.1) is 31.0 Å². The molecular weight excluding hydrogens is 346 g/mol. The minimum Gasteiger partial charge on any atom is -0.493 e. The summed E-state index contributed by atoms with van der Waals surface area (Å²) in [4.78, 5) is 18.3. The van der Waals surface area contributed by atoms with Crippen molar-refractivity contribution in [3.63, 3.8) is 0 Å². The third kappa shape index (κ3) is 3.57. The van der Waals surface area contributed by atoms with Gasteiger partial charge < -0.3 is 9.84 Å². The zero-order chi connectivity index (χ0) is 18.6. The molecule has 4 rings (SSSR count). The number of amides is 1. The maximum atomic E-state index is 12.2. The van der Waals surface area contributed by atoms with E-state index in [9.17, 15) is 9.90 Å². The first kappa shape index (κ1) is 17.3. The van der Waals surface area contributed by atoms with Gasteiger partial charge in [0.25, 0.3) is 5.91 Å². The lowest BCUT2D eigenvalue weighted by molar-refractivity contribution is 0.0231. The number of benzene rings is 1. The number of carbonyl (C=O) groups excluding carboxylic acids is 1. The Hall–Kier alpha value is -3.10. The molecule has 8 heteroatoms. The zero-order valence-electron chi connectivity index (χ0n) is 14.7. The van der Waals surface area contributed by atoms with Crippen LogP contribution in [-0.4, -0.2) is 51.8 Å². The highest BCUT2D eigenvalue weighted by molar-refractivity contribution is 5.97. The van der Waals surface area contributed by atoms with Crippen LogP contribution in [-0.2, 0) is 11.4 Å². The first-order valence-electron chi connectivity index (χ1n) is 8.70. The largest absolute Gasteiger partial charge is 0.493 e. The molecule has 0 unspecified atom stereocenters. The first-order chi connectivity index (χ1) is 13.2. The van der Waals surface area contributed by atoms with Gasteiger partial charge in [-0.25, -0.2) is 0 Å². The molecule has 0 spiro atoms. The average Bonchev–Trinajstić information content (AvgIpc) is 2.99. The van der Waals surface area contributed by atoms with Crippen LogP contribution >= 0.6 is 0 Å². The predicted molar refractivity (Wildman–Crippen MR) is 99.1 cm³/mol. The third-order valence-corrected chi connectivity index (χ3v) is 4.51. The standard InChI is InChI=1S/C19H19N5O3/c25-18(14-4-3-7-20-12-14)22-21-17-15-5-1-2-6-16(15)24(19(17)26)13-23-8-10-27-11-9-23/h1-7,12,26H,8-11,13H2. The zero-order valence-corrected chi connectivity index (χ0v) is 14.7. The van der Waals surface area contributed by atoms with E-state index in [4.69, 9.17) is 4.74 Å². The lowest BCUT2D eigenvalue weighted by atomic mass is 10.2. The lowest BCUT2D eigenvalue weighted by Crippen LogP contribution is -2.37. The molecule has 1 aliphatic heterocycles. The van der Waals surface area contributed by atoms with Gasteiger partial charge >= 0.3 is 0 Å². The minimum absolute atomic E-state index is 0.00886. The number of nitrogens with zero attached hydrogens (tertiary/aromatic N) is 5. The molecule has 1 amide bonds. The molecule has 3 heterocycles. The predicted octanol–water partition coefficient (Wildman–Crippen LogP) is 2.96. The van der Waals surface area contributed by atoms with Crippen LogP contribution in [0.4, 0.5) is 5.69 Å². The fourth-order valence-corrected chi connectivity index (χ4v) is 3.10. The summed E-state index contributed by atoms with van der Waals surface area (Å²) in [5.74, 6) is -0.516. The second-order valence-electron chi connectivity index (χ2n) is 6.24. The number of aromatic hydroxyl groups is 1. The van der Waals surface area contributed by atoms with Crippen LogP contribution in [0, 0.1) is 0 Å². The van der Waals surface area contributed by atoms with Crippen LogP contribution in [0.25, 0.3) is 10.9 Å². The van der Waals surface area contributed by atoms with Gasteiger partial charge in [-0.3, -0.25) is 19.2 Å². The van der Waals surface area contributed by atoms with Crippen molar-refractivity contribution < 1.29 is 14.6 Å². The Bertz CT molecular complexity index is 978. The SMILES string of the molecule is O=C(N=Nc1c(O)n(CN2CCOCC2)c2ccccc12)c1cccnc1. The fourth-order valence-electron chi connectivity index (χ4n) is 3.10. The lowest BCUT2D eigenvalue weighted by Gasteiger charge is -2.27. The summed E-state index contributed by atoms with van der Waals surface area (Å²) < 4.78 is 7.16. The Morgan fingerprint density at radius 2 is 2.00 bits per heavy atom. The van der Waals surface area contributed by atoms with Crippen LogP contribution in [0.3, 0.4) is 0 Å². The molecule has 1 fully saturated rings. The summed E-state index contributed by atoms with van der Waals surface area (Å²) in [6.07, 6.45) is 3.02. The van der Waals surface area contributed by atoms with Crippen LogP contribution in [0.2, 0.25) is 0 Å². The van der Waals surface area contributed by atoms with E-state index < -0.39 is 5.91 Å². The van der Waals surface area contributed by atoms with E-state index >= 15 is 0 Å². The van der Waals surface area contributed by atoms with E-state index in [0.717, 1.165) is 24.0 Å². The molecule has 0 radical (unpaired) electrons.